The first-order chi connectivity index (χ1) is 13.1. The van der Waals surface area contributed by atoms with Crippen molar-refractivity contribution in [3.05, 3.63) is 59.2 Å². The number of nitrogens with zero attached hydrogens (tertiary/aromatic N) is 5. The molecule has 0 spiro atoms. The summed E-state index contributed by atoms with van der Waals surface area (Å²) < 4.78 is 19.7. The highest BCUT2D eigenvalue weighted by molar-refractivity contribution is 5.79. The van der Waals surface area contributed by atoms with Gasteiger partial charge in [-0.3, -0.25) is 14.2 Å². The minimum atomic E-state index is -0.542. The highest BCUT2D eigenvalue weighted by Crippen LogP contribution is 2.15. The first-order valence-corrected chi connectivity index (χ1v) is 8.46. The smallest absolute Gasteiger partial charge is 0.316 e. The molecular weight excluding hydrogens is 353 g/mol. The van der Waals surface area contributed by atoms with Crippen LogP contribution in [-0.2, 0) is 11.3 Å². The zero-order valence-corrected chi connectivity index (χ0v) is 14.3. The molecule has 8 nitrogen and oxygen atoms in total. The van der Waals surface area contributed by atoms with E-state index in [1.165, 1.54) is 10.9 Å². The molecule has 1 aliphatic heterocycles. The molecule has 1 amide bonds. The van der Waals surface area contributed by atoms with E-state index in [4.69, 9.17) is 4.74 Å². The molecule has 1 aliphatic rings. The molecule has 4 rings (SSSR count). The van der Waals surface area contributed by atoms with Crippen molar-refractivity contribution in [3.63, 3.8) is 0 Å². The van der Waals surface area contributed by atoms with Gasteiger partial charge in [0.15, 0.2) is 5.82 Å². The lowest BCUT2D eigenvalue weighted by Gasteiger charge is -2.17. The molecule has 0 unspecified atom stereocenters. The van der Waals surface area contributed by atoms with E-state index in [2.05, 4.69) is 15.0 Å². The lowest BCUT2D eigenvalue weighted by molar-refractivity contribution is -0.131. The first-order valence-electron chi connectivity index (χ1n) is 8.46. The SMILES string of the molecule is O=C(Cn1cnc2ccccc2c1=O)N1CC[C@@H](Oc2ncc(F)cn2)C1. The summed E-state index contributed by atoms with van der Waals surface area (Å²) >= 11 is 0. The number of aromatic nitrogens is 4. The van der Waals surface area contributed by atoms with Crippen LogP contribution >= 0.6 is 0 Å². The monoisotopic (exact) mass is 369 g/mol. The summed E-state index contributed by atoms with van der Waals surface area (Å²) in [5, 5.41) is 0.476. The Morgan fingerprint density at radius 3 is 2.81 bits per heavy atom. The van der Waals surface area contributed by atoms with Crippen molar-refractivity contribution < 1.29 is 13.9 Å². The number of hydrogen-bond acceptors (Lipinski definition) is 6. The van der Waals surface area contributed by atoms with Crippen LogP contribution in [0.2, 0.25) is 0 Å². The molecule has 9 heteroatoms. The van der Waals surface area contributed by atoms with E-state index >= 15 is 0 Å². The minimum absolute atomic E-state index is 0.0747. The van der Waals surface area contributed by atoms with Crippen LogP contribution < -0.4 is 10.3 Å². The molecule has 1 fully saturated rings. The number of hydrogen-bond donors (Lipinski definition) is 0. The molecule has 2 aromatic heterocycles. The van der Waals surface area contributed by atoms with Crippen molar-refractivity contribution in [1.29, 1.82) is 0 Å². The fourth-order valence-corrected chi connectivity index (χ4v) is 3.03. The zero-order valence-electron chi connectivity index (χ0n) is 14.3. The molecule has 27 heavy (non-hydrogen) atoms. The molecule has 0 saturated carbocycles. The maximum absolute atomic E-state index is 12.8. The molecule has 0 radical (unpaired) electrons. The highest BCUT2D eigenvalue weighted by Gasteiger charge is 2.28. The zero-order chi connectivity index (χ0) is 18.8. The number of fused-ring (bicyclic) bond motifs is 1. The van der Waals surface area contributed by atoms with Gasteiger partial charge in [0, 0.05) is 13.0 Å². The van der Waals surface area contributed by atoms with Gasteiger partial charge in [-0.2, -0.15) is 0 Å². The molecular formula is C18H16FN5O3. The summed E-state index contributed by atoms with van der Waals surface area (Å²) in [6.45, 7) is 0.770. The van der Waals surface area contributed by atoms with Crippen molar-refractivity contribution in [2.75, 3.05) is 13.1 Å². The number of carbonyl (C=O) groups excluding carboxylic acids is 1. The molecule has 0 aliphatic carbocycles. The van der Waals surface area contributed by atoms with Gasteiger partial charge in [-0.15, -0.1) is 0 Å². The second-order valence-corrected chi connectivity index (χ2v) is 6.25. The molecule has 0 bridgehead atoms. The van der Waals surface area contributed by atoms with Crippen molar-refractivity contribution in [3.8, 4) is 6.01 Å². The summed E-state index contributed by atoms with van der Waals surface area (Å²) in [6, 6.07) is 7.08. The van der Waals surface area contributed by atoms with Crippen LogP contribution in [0.3, 0.4) is 0 Å². The van der Waals surface area contributed by atoms with Crippen LogP contribution in [0, 0.1) is 5.82 Å². The van der Waals surface area contributed by atoms with Gasteiger partial charge in [0.1, 0.15) is 12.6 Å². The van der Waals surface area contributed by atoms with Gasteiger partial charge >= 0.3 is 6.01 Å². The number of likely N-dealkylation sites (tertiary alicyclic amines) is 1. The Labute approximate surface area is 153 Å². The van der Waals surface area contributed by atoms with Crippen LogP contribution in [0.5, 0.6) is 6.01 Å². The van der Waals surface area contributed by atoms with Crippen molar-refractivity contribution in [2.24, 2.45) is 0 Å². The largest absolute Gasteiger partial charge is 0.458 e. The predicted octanol–water partition coefficient (Wildman–Crippen LogP) is 1.01. The number of rotatable bonds is 4. The summed E-state index contributed by atoms with van der Waals surface area (Å²) in [5.74, 6) is -0.736. The Morgan fingerprint density at radius 2 is 2.00 bits per heavy atom. The average Bonchev–Trinajstić information content (AvgIpc) is 3.15. The van der Waals surface area contributed by atoms with Gasteiger partial charge in [-0.25, -0.2) is 19.3 Å². The lowest BCUT2D eigenvalue weighted by atomic mass is 10.2. The Hall–Kier alpha value is -3.36. The van der Waals surface area contributed by atoms with E-state index in [0.29, 0.717) is 30.4 Å². The van der Waals surface area contributed by atoms with E-state index in [9.17, 15) is 14.0 Å². The number of amides is 1. The van der Waals surface area contributed by atoms with E-state index in [0.717, 1.165) is 12.4 Å². The second kappa shape index (κ2) is 7.10. The number of carbonyl (C=O) groups is 1. The van der Waals surface area contributed by atoms with Crippen molar-refractivity contribution in [1.82, 2.24) is 24.4 Å². The fraction of sp³-hybridized carbons (Fsp3) is 0.278. The molecule has 1 saturated heterocycles. The number of benzene rings is 1. The van der Waals surface area contributed by atoms with Crippen LogP contribution in [-0.4, -0.2) is 49.5 Å². The van der Waals surface area contributed by atoms with Crippen LogP contribution in [0.15, 0.2) is 47.8 Å². The van der Waals surface area contributed by atoms with Crippen molar-refractivity contribution >= 4 is 16.8 Å². The third-order valence-electron chi connectivity index (χ3n) is 4.40. The highest BCUT2D eigenvalue weighted by atomic mass is 19.1. The molecule has 3 heterocycles. The number of ether oxygens (including phenoxy) is 1. The third kappa shape index (κ3) is 3.62. The Morgan fingerprint density at radius 1 is 1.22 bits per heavy atom. The lowest BCUT2D eigenvalue weighted by Crippen LogP contribution is -2.36. The van der Waals surface area contributed by atoms with Gasteiger partial charge in [0.05, 0.1) is 36.2 Å². The maximum atomic E-state index is 12.8. The minimum Gasteiger partial charge on any atom is -0.458 e. The topological polar surface area (TPSA) is 90.2 Å². The van der Waals surface area contributed by atoms with E-state index in [1.807, 2.05) is 0 Å². The van der Waals surface area contributed by atoms with Gasteiger partial charge in [-0.1, -0.05) is 12.1 Å². The maximum Gasteiger partial charge on any atom is 0.316 e. The molecule has 1 aromatic carbocycles. The van der Waals surface area contributed by atoms with Crippen LogP contribution in [0.4, 0.5) is 4.39 Å². The van der Waals surface area contributed by atoms with E-state index in [1.54, 1.807) is 29.2 Å². The van der Waals surface area contributed by atoms with E-state index in [-0.39, 0.29) is 30.1 Å². The predicted molar refractivity (Wildman–Crippen MR) is 93.6 cm³/mol. The Balaban J connectivity index is 1.41. The molecule has 138 valence electrons. The number of para-hydroxylation sites is 1. The normalized spacial score (nSPS) is 16.6. The first kappa shape index (κ1) is 17.1. The summed E-state index contributed by atoms with van der Waals surface area (Å²) in [5.41, 5.74) is 0.348. The average molecular weight is 369 g/mol. The number of halogens is 1. The van der Waals surface area contributed by atoms with Gasteiger partial charge in [0.2, 0.25) is 5.91 Å². The molecule has 0 N–H and O–H groups in total. The standard InChI is InChI=1S/C18H16FN5O3/c19-12-7-20-18(21-8-12)27-13-5-6-23(9-13)16(25)10-24-11-22-15-4-2-1-3-14(15)17(24)26/h1-4,7-8,11,13H,5-6,9-10H2/t13-/m1/s1. The quantitative estimate of drug-likeness (QED) is 0.682. The van der Waals surface area contributed by atoms with Crippen molar-refractivity contribution in [2.45, 2.75) is 19.1 Å². The van der Waals surface area contributed by atoms with E-state index < -0.39 is 5.82 Å². The Bertz CT molecular complexity index is 1040. The van der Waals surface area contributed by atoms with Crippen LogP contribution in [0.1, 0.15) is 6.42 Å². The summed E-state index contributed by atoms with van der Waals surface area (Å²) in [6.07, 6.45) is 3.78. The summed E-state index contributed by atoms with van der Waals surface area (Å²) in [7, 11) is 0. The Kier molecular flexibility index (Phi) is 4.49. The van der Waals surface area contributed by atoms with Gasteiger partial charge in [-0.05, 0) is 12.1 Å². The van der Waals surface area contributed by atoms with Crippen LogP contribution in [0.25, 0.3) is 10.9 Å². The van der Waals surface area contributed by atoms with Gasteiger partial charge < -0.3 is 9.64 Å². The molecule has 1 atom stereocenters. The summed E-state index contributed by atoms with van der Waals surface area (Å²) in [4.78, 5) is 38.4. The molecule has 3 aromatic rings. The fourth-order valence-electron chi connectivity index (χ4n) is 3.03. The second-order valence-electron chi connectivity index (χ2n) is 6.25. The third-order valence-corrected chi connectivity index (χ3v) is 4.40. The van der Waals surface area contributed by atoms with Gasteiger partial charge in [0.25, 0.3) is 5.56 Å².